The Morgan fingerprint density at radius 2 is 2.15 bits per heavy atom. The Morgan fingerprint density at radius 3 is 2.70 bits per heavy atom. The molecule has 0 saturated carbocycles. The van der Waals surface area contributed by atoms with Gasteiger partial charge >= 0.3 is 0 Å². The van der Waals surface area contributed by atoms with Gasteiger partial charge in [0.2, 0.25) is 10.0 Å². The molecule has 0 bridgehead atoms. The van der Waals surface area contributed by atoms with Crippen LogP contribution in [0.4, 0.5) is 0 Å². The van der Waals surface area contributed by atoms with Crippen molar-refractivity contribution in [3.63, 3.8) is 0 Å². The molecular weight excluding hydrogens is 298 g/mol. The lowest BCUT2D eigenvalue weighted by atomic mass is 10.5. The fourth-order valence-electron chi connectivity index (χ4n) is 1.73. The molecule has 2 heterocycles. The van der Waals surface area contributed by atoms with Gasteiger partial charge in [-0.3, -0.25) is 0 Å². The molecule has 0 radical (unpaired) electrons. The minimum absolute atomic E-state index is 0.174. The van der Waals surface area contributed by atoms with Gasteiger partial charge in [-0.25, -0.2) is 13.4 Å². The molecule has 1 aliphatic rings. The summed E-state index contributed by atoms with van der Waals surface area (Å²) in [4.78, 5) is 4.28. The maximum atomic E-state index is 12.3. The van der Waals surface area contributed by atoms with Crippen molar-refractivity contribution in [2.24, 2.45) is 0 Å². The predicted molar refractivity (Wildman–Crippen MR) is 74.7 cm³/mol. The molecular formula is C12H15N3O3S2. The van der Waals surface area contributed by atoms with Crippen molar-refractivity contribution in [1.82, 2.24) is 9.29 Å². The van der Waals surface area contributed by atoms with E-state index in [0.29, 0.717) is 31.3 Å². The molecule has 0 spiro atoms. The first kappa shape index (κ1) is 15.3. The number of thioether (sulfide) groups is 1. The third-order valence-corrected chi connectivity index (χ3v) is 5.62. The van der Waals surface area contributed by atoms with Crippen molar-refractivity contribution < 1.29 is 13.2 Å². The van der Waals surface area contributed by atoms with E-state index in [9.17, 15) is 8.42 Å². The maximum absolute atomic E-state index is 12.3. The van der Waals surface area contributed by atoms with E-state index in [4.69, 9.17) is 10.00 Å². The standard InChI is InChI=1S/C12H15N3O3S2/c1-10(8-13)19-12-3-2-11(9-14-12)20(16,17)15-4-6-18-7-5-15/h2-3,9-10H,4-7H2,1H3/t10-/m0/s1. The Labute approximate surface area is 122 Å². The van der Waals surface area contributed by atoms with Gasteiger partial charge in [0.05, 0.1) is 29.6 Å². The summed E-state index contributed by atoms with van der Waals surface area (Å²) in [5, 5.41) is 9.16. The first-order valence-corrected chi connectivity index (χ1v) is 8.46. The average molecular weight is 313 g/mol. The molecule has 8 heteroatoms. The number of rotatable bonds is 4. The highest BCUT2D eigenvalue weighted by Crippen LogP contribution is 2.23. The summed E-state index contributed by atoms with van der Waals surface area (Å²) in [6.45, 7) is 3.33. The molecule has 0 N–H and O–H groups in total. The lowest BCUT2D eigenvalue weighted by molar-refractivity contribution is 0.0730. The number of morpholine rings is 1. The number of hydrogen-bond acceptors (Lipinski definition) is 6. The topological polar surface area (TPSA) is 83.3 Å². The molecule has 0 aromatic carbocycles. The normalized spacial score (nSPS) is 18.4. The predicted octanol–water partition coefficient (Wildman–Crippen LogP) is 1.11. The SMILES string of the molecule is C[C@@H](C#N)Sc1ccc(S(=O)(=O)N2CCOCC2)cn1. The van der Waals surface area contributed by atoms with Gasteiger partial charge in [-0.2, -0.15) is 9.57 Å². The number of hydrogen-bond donors (Lipinski definition) is 0. The van der Waals surface area contributed by atoms with Crippen molar-refractivity contribution >= 4 is 21.8 Å². The highest BCUT2D eigenvalue weighted by Gasteiger charge is 2.26. The van der Waals surface area contributed by atoms with Crippen LogP contribution < -0.4 is 0 Å². The van der Waals surface area contributed by atoms with E-state index in [0.717, 1.165) is 0 Å². The van der Waals surface area contributed by atoms with Crippen LogP contribution in [0.1, 0.15) is 6.92 Å². The zero-order valence-electron chi connectivity index (χ0n) is 11.0. The van der Waals surface area contributed by atoms with E-state index in [1.165, 1.54) is 28.3 Å². The Morgan fingerprint density at radius 1 is 1.45 bits per heavy atom. The van der Waals surface area contributed by atoms with Gasteiger partial charge in [0, 0.05) is 19.3 Å². The van der Waals surface area contributed by atoms with Crippen LogP contribution in [0.2, 0.25) is 0 Å². The van der Waals surface area contributed by atoms with Crippen LogP contribution in [0.3, 0.4) is 0 Å². The van der Waals surface area contributed by atoms with Crippen LogP contribution >= 0.6 is 11.8 Å². The molecule has 0 aliphatic carbocycles. The third kappa shape index (κ3) is 3.49. The molecule has 20 heavy (non-hydrogen) atoms. The largest absolute Gasteiger partial charge is 0.379 e. The molecule has 1 atom stereocenters. The van der Waals surface area contributed by atoms with E-state index in [1.54, 1.807) is 13.0 Å². The van der Waals surface area contributed by atoms with Crippen molar-refractivity contribution in [1.29, 1.82) is 5.26 Å². The summed E-state index contributed by atoms with van der Waals surface area (Å²) >= 11 is 1.30. The van der Waals surface area contributed by atoms with Crippen molar-refractivity contribution in [2.45, 2.75) is 22.1 Å². The fraction of sp³-hybridized carbons (Fsp3) is 0.500. The second-order valence-electron chi connectivity index (χ2n) is 4.24. The van der Waals surface area contributed by atoms with Gasteiger partial charge in [0.25, 0.3) is 0 Å². The van der Waals surface area contributed by atoms with Crippen LogP contribution in [0.25, 0.3) is 0 Å². The maximum Gasteiger partial charge on any atom is 0.244 e. The van der Waals surface area contributed by atoms with Crippen molar-refractivity contribution in [2.75, 3.05) is 26.3 Å². The van der Waals surface area contributed by atoms with E-state index in [1.807, 2.05) is 0 Å². The average Bonchev–Trinajstić information content (AvgIpc) is 2.48. The Balaban J connectivity index is 2.14. The van der Waals surface area contributed by atoms with Gasteiger partial charge in [-0.1, -0.05) is 11.8 Å². The zero-order chi connectivity index (χ0) is 14.6. The van der Waals surface area contributed by atoms with Crippen LogP contribution in [0.15, 0.2) is 28.3 Å². The van der Waals surface area contributed by atoms with Crippen molar-refractivity contribution in [3.8, 4) is 6.07 Å². The monoisotopic (exact) mass is 313 g/mol. The fourth-order valence-corrected chi connectivity index (χ4v) is 3.76. The molecule has 0 amide bonds. The van der Waals surface area contributed by atoms with Gasteiger partial charge in [0.1, 0.15) is 4.90 Å². The van der Waals surface area contributed by atoms with Crippen LogP contribution in [0.5, 0.6) is 0 Å². The molecule has 0 unspecified atom stereocenters. The molecule has 1 fully saturated rings. The summed E-state index contributed by atoms with van der Waals surface area (Å²) in [7, 11) is -3.50. The lowest BCUT2D eigenvalue weighted by Gasteiger charge is -2.25. The summed E-state index contributed by atoms with van der Waals surface area (Å²) in [6.07, 6.45) is 1.34. The quantitative estimate of drug-likeness (QED) is 0.774. The number of nitrogens with zero attached hydrogens (tertiary/aromatic N) is 3. The second kappa shape index (κ2) is 6.54. The summed E-state index contributed by atoms with van der Waals surface area (Å²) < 4.78 is 31.2. The molecule has 1 saturated heterocycles. The minimum Gasteiger partial charge on any atom is -0.379 e. The van der Waals surface area contributed by atoms with Crippen molar-refractivity contribution in [3.05, 3.63) is 18.3 Å². The summed E-state index contributed by atoms with van der Waals surface area (Å²) in [5.74, 6) is 0. The second-order valence-corrected chi connectivity index (χ2v) is 7.54. The molecule has 1 aliphatic heterocycles. The van der Waals surface area contributed by atoms with E-state index < -0.39 is 10.0 Å². The smallest absolute Gasteiger partial charge is 0.244 e. The third-order valence-electron chi connectivity index (χ3n) is 2.80. The molecule has 6 nitrogen and oxygen atoms in total. The Bertz CT molecular complexity index is 589. The number of aromatic nitrogens is 1. The first-order chi connectivity index (χ1) is 9.54. The van der Waals surface area contributed by atoms with Gasteiger partial charge in [-0.05, 0) is 19.1 Å². The van der Waals surface area contributed by atoms with E-state index in [-0.39, 0.29) is 10.1 Å². The highest BCUT2D eigenvalue weighted by molar-refractivity contribution is 8.00. The number of nitriles is 1. The van der Waals surface area contributed by atoms with Gasteiger partial charge in [-0.15, -0.1) is 0 Å². The molecule has 1 aromatic rings. The van der Waals surface area contributed by atoms with E-state index in [2.05, 4.69) is 11.1 Å². The Hall–Kier alpha value is -1.14. The number of sulfonamides is 1. The summed E-state index contributed by atoms with van der Waals surface area (Å²) in [5.41, 5.74) is 0. The molecule has 2 rings (SSSR count). The van der Waals surface area contributed by atoms with Gasteiger partial charge < -0.3 is 4.74 Å². The van der Waals surface area contributed by atoms with Crippen LogP contribution in [-0.2, 0) is 14.8 Å². The summed E-state index contributed by atoms with van der Waals surface area (Å²) in [6, 6.07) is 5.26. The van der Waals surface area contributed by atoms with Crippen LogP contribution in [-0.4, -0.2) is 49.3 Å². The molecule has 1 aromatic heterocycles. The number of pyridine rings is 1. The zero-order valence-corrected chi connectivity index (χ0v) is 12.7. The first-order valence-electron chi connectivity index (χ1n) is 6.14. The lowest BCUT2D eigenvalue weighted by Crippen LogP contribution is -2.40. The van der Waals surface area contributed by atoms with Gasteiger partial charge in [0.15, 0.2) is 0 Å². The highest BCUT2D eigenvalue weighted by atomic mass is 32.2. The number of ether oxygens (including phenoxy) is 1. The Kier molecular flexibility index (Phi) is 4.99. The molecule has 108 valence electrons. The van der Waals surface area contributed by atoms with Crippen LogP contribution in [0, 0.1) is 11.3 Å². The van der Waals surface area contributed by atoms with E-state index >= 15 is 0 Å². The minimum atomic E-state index is -3.50.